The number of hydrogen-bond donors (Lipinski definition) is 0. The van der Waals surface area contributed by atoms with Crippen LogP contribution in [0.4, 0.5) is 20.2 Å². The summed E-state index contributed by atoms with van der Waals surface area (Å²) in [6.45, 7) is 0. The molecule has 0 unspecified atom stereocenters. The summed E-state index contributed by atoms with van der Waals surface area (Å²) >= 11 is 6.56. The molecule has 0 aliphatic carbocycles. The average Bonchev–Trinajstić information content (AvgIpc) is 2.38. The normalized spacial score (nSPS) is 8.84. The monoisotopic (exact) mass is 573 g/mol. The van der Waals surface area contributed by atoms with Gasteiger partial charge in [0, 0.05) is 0 Å². The largest absolute Gasteiger partial charge is 0.699 e. The van der Waals surface area contributed by atoms with Gasteiger partial charge in [0.15, 0.2) is 0 Å². The number of halogens is 4. The summed E-state index contributed by atoms with van der Waals surface area (Å²) in [4.78, 5) is 0. The molecular weight excluding hydrogens is 565 g/mol. The molecule has 0 fully saturated rings. The van der Waals surface area contributed by atoms with Gasteiger partial charge in [-0.15, -0.1) is 11.4 Å². The van der Waals surface area contributed by atoms with E-state index in [4.69, 9.17) is 11.5 Å². The molecule has 0 atom stereocenters. The van der Waals surface area contributed by atoms with Crippen LogP contribution >= 0.6 is 26.6 Å². The maximum atomic E-state index is 12.0. The van der Waals surface area contributed by atoms with E-state index in [1.165, 1.54) is 48.5 Å². The summed E-state index contributed by atoms with van der Waals surface area (Å²) in [6, 6.07) is 10.7. The Bertz CT molecular complexity index is 367. The first kappa shape index (κ1) is 18.5. The molecule has 7 heteroatoms. The van der Waals surface area contributed by atoms with Crippen LogP contribution in [0.3, 0.4) is 0 Å². The first-order valence-corrected chi connectivity index (χ1v) is 14.7. The second-order valence-corrected chi connectivity index (χ2v) is 13.0. The van der Waals surface area contributed by atoms with E-state index in [2.05, 4.69) is 26.6 Å². The SMILES string of the molecule is [Br][Pt+2][Br].[NH-]c1ccc(F)cc1.[NH-]c1ccc(F)cc1. The van der Waals surface area contributed by atoms with Gasteiger partial charge in [-0.1, -0.05) is 24.3 Å². The van der Waals surface area contributed by atoms with Gasteiger partial charge in [0.2, 0.25) is 0 Å². The molecule has 0 amide bonds. The van der Waals surface area contributed by atoms with Crippen molar-refractivity contribution in [1.82, 2.24) is 0 Å². The Hall–Kier alpha value is -0.452. The van der Waals surface area contributed by atoms with Gasteiger partial charge < -0.3 is 11.5 Å². The molecule has 0 saturated carbocycles. The molecule has 2 N–H and O–H groups in total. The minimum atomic E-state index is -0.291. The standard InChI is InChI=1S/2C6H5FN.2BrH.Pt/c2*7-5-1-3-6(8)4-2-5;;;/h2*1-4,8H;2*1H;/q2*-1;;;+4/p-2. The Morgan fingerprint density at radius 3 is 1.05 bits per heavy atom. The zero-order valence-corrected chi connectivity index (χ0v) is 14.9. The molecule has 0 heterocycles. The fourth-order valence-corrected chi connectivity index (χ4v) is 0.900. The summed E-state index contributed by atoms with van der Waals surface area (Å²) in [5.41, 5.74) is 14.5. The second-order valence-electron chi connectivity index (χ2n) is 3.06. The van der Waals surface area contributed by atoms with Gasteiger partial charge in [0.1, 0.15) is 11.6 Å². The molecule has 2 nitrogen and oxygen atoms in total. The molecule has 106 valence electrons. The third-order valence-corrected chi connectivity index (χ3v) is 1.69. The average molecular weight is 575 g/mol. The van der Waals surface area contributed by atoms with Crippen molar-refractivity contribution in [3.8, 4) is 0 Å². The molecule has 2 rings (SSSR count). The van der Waals surface area contributed by atoms with Crippen LogP contribution in [0, 0.1) is 11.6 Å². The maximum Gasteiger partial charge on any atom is 0.123 e. The molecule has 2 aromatic rings. The van der Waals surface area contributed by atoms with Crippen molar-refractivity contribution in [2.45, 2.75) is 0 Å². The number of benzene rings is 2. The number of hydrogen-bond acceptors (Lipinski definition) is 0. The molecule has 0 aromatic heterocycles. The topological polar surface area (TPSA) is 47.6 Å². The smallest absolute Gasteiger partial charge is 0.123 e. The molecule has 0 bridgehead atoms. The minimum absolute atomic E-state index is 0.208. The van der Waals surface area contributed by atoms with Crippen molar-refractivity contribution in [1.29, 1.82) is 0 Å². The van der Waals surface area contributed by atoms with Crippen LogP contribution in [0.5, 0.6) is 0 Å². The van der Waals surface area contributed by atoms with Gasteiger partial charge in [-0.2, -0.15) is 0 Å². The fraction of sp³-hybridized carbons (Fsp3) is 0. The molecule has 0 aliphatic heterocycles. The zero-order valence-electron chi connectivity index (χ0n) is 9.45. The van der Waals surface area contributed by atoms with Crippen LogP contribution in [0.15, 0.2) is 48.5 Å². The predicted molar refractivity (Wildman–Crippen MR) is 78.6 cm³/mol. The first-order valence-electron chi connectivity index (χ1n) is 4.76. The molecular formula is C12H10Br2F2N2Pt. The van der Waals surface area contributed by atoms with E-state index < -0.39 is 0 Å². The third kappa shape index (κ3) is 11.1. The Balaban J connectivity index is 0.000000284. The van der Waals surface area contributed by atoms with Crippen molar-refractivity contribution in [3.05, 3.63) is 71.6 Å². The van der Waals surface area contributed by atoms with E-state index in [9.17, 15) is 8.78 Å². The second kappa shape index (κ2) is 11.4. The molecule has 19 heavy (non-hydrogen) atoms. The van der Waals surface area contributed by atoms with Crippen LogP contribution in [-0.2, 0) is 14.5 Å². The van der Waals surface area contributed by atoms with E-state index in [1.807, 2.05) is 0 Å². The van der Waals surface area contributed by atoms with E-state index in [0.29, 0.717) is 11.4 Å². The van der Waals surface area contributed by atoms with Gasteiger partial charge in [0.25, 0.3) is 0 Å². The van der Waals surface area contributed by atoms with Crippen LogP contribution in [0.2, 0.25) is 0 Å². The van der Waals surface area contributed by atoms with Gasteiger partial charge in [0.05, 0.1) is 0 Å². The Morgan fingerprint density at radius 2 is 0.895 bits per heavy atom. The van der Waals surface area contributed by atoms with Crippen LogP contribution < -0.4 is 0 Å². The fourth-order valence-electron chi connectivity index (χ4n) is 0.900. The van der Waals surface area contributed by atoms with Gasteiger partial charge in [-0.25, -0.2) is 8.78 Å². The van der Waals surface area contributed by atoms with Crippen molar-refractivity contribution < 1.29 is 23.2 Å². The zero-order chi connectivity index (χ0) is 14.7. The Labute approximate surface area is 132 Å². The molecule has 0 radical (unpaired) electrons. The third-order valence-electron chi connectivity index (χ3n) is 1.69. The summed E-state index contributed by atoms with van der Waals surface area (Å²) in [7, 11) is 0. The Kier molecular flexibility index (Phi) is 11.1. The molecule has 0 aliphatic rings. The van der Waals surface area contributed by atoms with Gasteiger partial charge in [-0.3, -0.25) is 0 Å². The first-order chi connectivity index (χ1) is 8.99. The van der Waals surface area contributed by atoms with E-state index in [-0.39, 0.29) is 26.1 Å². The number of nitrogens with one attached hydrogen (secondary N) is 2. The summed E-state index contributed by atoms with van der Waals surface area (Å²) in [5.74, 6) is -0.581. The van der Waals surface area contributed by atoms with Crippen molar-refractivity contribution in [2.24, 2.45) is 0 Å². The maximum absolute atomic E-state index is 12.0. The van der Waals surface area contributed by atoms with Gasteiger partial charge in [-0.05, 0) is 24.3 Å². The molecule has 2 aromatic carbocycles. The summed E-state index contributed by atoms with van der Waals surface area (Å²) < 4.78 is 24.0. The molecule has 0 saturated heterocycles. The summed E-state index contributed by atoms with van der Waals surface area (Å²) in [6.07, 6.45) is 0. The number of rotatable bonds is 0. The van der Waals surface area contributed by atoms with E-state index in [1.54, 1.807) is 0 Å². The summed E-state index contributed by atoms with van der Waals surface area (Å²) in [5, 5.41) is 0. The van der Waals surface area contributed by atoms with Crippen molar-refractivity contribution >= 4 is 38.0 Å². The van der Waals surface area contributed by atoms with Crippen molar-refractivity contribution in [2.75, 3.05) is 0 Å². The Morgan fingerprint density at radius 1 is 0.684 bits per heavy atom. The molecule has 0 spiro atoms. The predicted octanol–water partition coefficient (Wildman–Crippen LogP) is 6.71. The quantitative estimate of drug-likeness (QED) is 0.336. The minimum Gasteiger partial charge on any atom is -0.699 e. The van der Waals surface area contributed by atoms with Gasteiger partial charge >= 0.3 is 41.0 Å². The van der Waals surface area contributed by atoms with Crippen molar-refractivity contribution in [3.63, 3.8) is 0 Å². The van der Waals surface area contributed by atoms with Crippen LogP contribution in [0.1, 0.15) is 0 Å². The van der Waals surface area contributed by atoms with Crippen LogP contribution in [-0.4, -0.2) is 0 Å². The van der Waals surface area contributed by atoms with E-state index >= 15 is 0 Å². The van der Waals surface area contributed by atoms with Crippen LogP contribution in [0.25, 0.3) is 11.5 Å². The van der Waals surface area contributed by atoms with E-state index in [0.717, 1.165) is 0 Å².